The van der Waals surface area contributed by atoms with Gasteiger partial charge in [-0.25, -0.2) is 9.97 Å². The van der Waals surface area contributed by atoms with Gasteiger partial charge >= 0.3 is 0 Å². The van der Waals surface area contributed by atoms with Crippen molar-refractivity contribution in [1.29, 1.82) is 0 Å². The normalized spacial score (nSPS) is 10.2. The van der Waals surface area contributed by atoms with Crippen LogP contribution in [-0.4, -0.2) is 17.0 Å². The van der Waals surface area contributed by atoms with Crippen LogP contribution in [0.4, 0.5) is 5.82 Å². The van der Waals surface area contributed by atoms with Gasteiger partial charge in [-0.3, -0.25) is 0 Å². The first-order valence-electron chi connectivity index (χ1n) is 4.98. The van der Waals surface area contributed by atoms with Crippen LogP contribution in [0.25, 0.3) is 11.4 Å². The Balaban J connectivity index is 2.49. The van der Waals surface area contributed by atoms with Crippen molar-refractivity contribution in [3.8, 4) is 11.4 Å². The van der Waals surface area contributed by atoms with E-state index < -0.39 is 0 Å². The minimum atomic E-state index is 0.721. The summed E-state index contributed by atoms with van der Waals surface area (Å²) < 4.78 is 1.01. The van der Waals surface area contributed by atoms with Gasteiger partial charge in [0.2, 0.25) is 0 Å². The van der Waals surface area contributed by atoms with E-state index in [4.69, 9.17) is 0 Å². The van der Waals surface area contributed by atoms with E-state index in [1.807, 2.05) is 19.2 Å². The Bertz CT molecular complexity index is 511. The van der Waals surface area contributed by atoms with E-state index in [9.17, 15) is 0 Å². The zero-order valence-corrected chi connectivity index (χ0v) is 10.7. The highest BCUT2D eigenvalue weighted by Crippen LogP contribution is 2.26. The van der Waals surface area contributed by atoms with Crippen molar-refractivity contribution in [3.63, 3.8) is 0 Å². The Morgan fingerprint density at radius 3 is 2.75 bits per heavy atom. The maximum atomic E-state index is 4.40. The van der Waals surface area contributed by atoms with Gasteiger partial charge in [0, 0.05) is 23.3 Å². The smallest absolute Gasteiger partial charge is 0.162 e. The Morgan fingerprint density at radius 2 is 2.06 bits per heavy atom. The first-order valence-corrected chi connectivity index (χ1v) is 5.77. The predicted octanol–water partition coefficient (Wildman–Crippen LogP) is 3.26. The number of benzene rings is 1. The van der Waals surface area contributed by atoms with E-state index in [1.54, 1.807) is 6.20 Å². The molecule has 4 heteroatoms. The second-order valence-electron chi connectivity index (χ2n) is 3.50. The van der Waals surface area contributed by atoms with Crippen LogP contribution in [0.15, 0.2) is 34.9 Å². The van der Waals surface area contributed by atoms with Crippen molar-refractivity contribution >= 4 is 21.7 Å². The first kappa shape index (κ1) is 11.1. The summed E-state index contributed by atoms with van der Waals surface area (Å²) in [5, 5.41) is 3.00. The largest absolute Gasteiger partial charge is 0.373 e. The predicted molar refractivity (Wildman–Crippen MR) is 69.5 cm³/mol. The maximum absolute atomic E-state index is 4.40. The Morgan fingerprint density at radius 1 is 1.25 bits per heavy atom. The molecule has 1 aromatic carbocycles. The zero-order valence-electron chi connectivity index (χ0n) is 9.16. The number of rotatable bonds is 2. The number of hydrogen-bond donors (Lipinski definition) is 1. The maximum Gasteiger partial charge on any atom is 0.162 e. The van der Waals surface area contributed by atoms with Gasteiger partial charge < -0.3 is 5.32 Å². The molecule has 1 N–H and O–H groups in total. The molecule has 0 saturated carbocycles. The van der Waals surface area contributed by atoms with Crippen LogP contribution in [0, 0.1) is 6.92 Å². The summed E-state index contributed by atoms with van der Waals surface area (Å²) >= 11 is 3.53. The molecule has 0 unspecified atom stereocenters. The van der Waals surface area contributed by atoms with Gasteiger partial charge in [-0.05, 0) is 30.7 Å². The number of aromatic nitrogens is 2. The Kier molecular flexibility index (Phi) is 3.19. The molecule has 0 aliphatic heterocycles. The van der Waals surface area contributed by atoms with Crippen molar-refractivity contribution in [2.24, 2.45) is 0 Å². The quantitative estimate of drug-likeness (QED) is 0.916. The van der Waals surface area contributed by atoms with Crippen molar-refractivity contribution in [2.45, 2.75) is 6.92 Å². The van der Waals surface area contributed by atoms with E-state index in [0.29, 0.717) is 0 Å². The number of halogens is 1. The lowest BCUT2D eigenvalue weighted by atomic mass is 10.1. The third-order valence-corrected chi connectivity index (χ3v) is 2.93. The van der Waals surface area contributed by atoms with Gasteiger partial charge in [0.05, 0.1) is 0 Å². The molecule has 0 amide bonds. The summed E-state index contributed by atoms with van der Waals surface area (Å²) in [4.78, 5) is 8.67. The van der Waals surface area contributed by atoms with Gasteiger partial charge in [-0.15, -0.1) is 0 Å². The van der Waals surface area contributed by atoms with Gasteiger partial charge in [0.1, 0.15) is 5.82 Å². The molecule has 0 spiro atoms. The number of nitrogens with zero attached hydrogens (tertiary/aromatic N) is 2. The van der Waals surface area contributed by atoms with Crippen LogP contribution < -0.4 is 5.32 Å². The highest BCUT2D eigenvalue weighted by atomic mass is 79.9. The van der Waals surface area contributed by atoms with Crippen molar-refractivity contribution < 1.29 is 0 Å². The monoisotopic (exact) mass is 277 g/mol. The van der Waals surface area contributed by atoms with Crippen molar-refractivity contribution in [2.75, 3.05) is 12.4 Å². The van der Waals surface area contributed by atoms with E-state index in [-0.39, 0.29) is 0 Å². The zero-order chi connectivity index (χ0) is 11.5. The molecule has 0 fully saturated rings. The molecular weight excluding hydrogens is 266 g/mol. The van der Waals surface area contributed by atoms with Gasteiger partial charge in [-0.2, -0.15) is 0 Å². The molecule has 82 valence electrons. The fourth-order valence-corrected chi connectivity index (χ4v) is 2.10. The molecule has 16 heavy (non-hydrogen) atoms. The minimum absolute atomic E-state index is 0.721. The lowest BCUT2D eigenvalue weighted by molar-refractivity contribution is 1.16. The number of nitrogens with one attached hydrogen (secondary N) is 1. The summed E-state index contributed by atoms with van der Waals surface area (Å²) in [6, 6.07) is 7.97. The SMILES string of the molecule is CNc1ccnc(-c2ccc(C)cc2Br)n1. The Hall–Kier alpha value is -1.42. The second kappa shape index (κ2) is 4.61. The lowest BCUT2D eigenvalue weighted by Gasteiger charge is -2.05. The van der Waals surface area contributed by atoms with E-state index >= 15 is 0 Å². The van der Waals surface area contributed by atoms with Crippen molar-refractivity contribution in [1.82, 2.24) is 9.97 Å². The van der Waals surface area contributed by atoms with E-state index in [1.165, 1.54) is 5.56 Å². The van der Waals surface area contributed by atoms with Crippen LogP contribution in [0.5, 0.6) is 0 Å². The number of anilines is 1. The molecule has 0 aliphatic rings. The minimum Gasteiger partial charge on any atom is -0.373 e. The second-order valence-corrected chi connectivity index (χ2v) is 4.35. The molecule has 0 saturated heterocycles. The summed E-state index contributed by atoms with van der Waals surface area (Å²) in [5.74, 6) is 1.54. The molecule has 2 aromatic rings. The summed E-state index contributed by atoms with van der Waals surface area (Å²) in [6.45, 7) is 2.05. The topological polar surface area (TPSA) is 37.8 Å². The van der Waals surface area contributed by atoms with E-state index in [2.05, 4.69) is 50.3 Å². The van der Waals surface area contributed by atoms with Gasteiger partial charge in [0.25, 0.3) is 0 Å². The average Bonchev–Trinajstić information content (AvgIpc) is 2.29. The molecule has 0 aliphatic carbocycles. The van der Waals surface area contributed by atoms with Crippen LogP contribution >= 0.6 is 15.9 Å². The van der Waals surface area contributed by atoms with Crippen LogP contribution in [0.2, 0.25) is 0 Å². The summed E-state index contributed by atoms with van der Waals surface area (Å²) in [6.07, 6.45) is 1.75. The van der Waals surface area contributed by atoms with Crippen LogP contribution in [-0.2, 0) is 0 Å². The van der Waals surface area contributed by atoms with Crippen LogP contribution in [0.1, 0.15) is 5.56 Å². The van der Waals surface area contributed by atoms with Crippen molar-refractivity contribution in [3.05, 3.63) is 40.5 Å². The van der Waals surface area contributed by atoms with E-state index in [0.717, 1.165) is 21.7 Å². The first-order chi connectivity index (χ1) is 7.70. The van der Waals surface area contributed by atoms with Gasteiger partial charge in [-0.1, -0.05) is 22.0 Å². The lowest BCUT2D eigenvalue weighted by Crippen LogP contribution is -1.96. The molecule has 0 radical (unpaired) electrons. The summed E-state index contributed by atoms with van der Waals surface area (Å²) in [5.41, 5.74) is 2.21. The average molecular weight is 278 g/mol. The molecule has 1 heterocycles. The molecule has 3 nitrogen and oxygen atoms in total. The third kappa shape index (κ3) is 2.22. The molecule has 2 rings (SSSR count). The molecular formula is C12H12BrN3. The Labute approximate surface area is 103 Å². The molecule has 0 bridgehead atoms. The fraction of sp³-hybridized carbons (Fsp3) is 0.167. The third-order valence-electron chi connectivity index (χ3n) is 2.28. The number of hydrogen-bond acceptors (Lipinski definition) is 3. The molecule has 1 aromatic heterocycles. The fourth-order valence-electron chi connectivity index (χ4n) is 1.43. The highest BCUT2D eigenvalue weighted by molar-refractivity contribution is 9.10. The molecule has 0 atom stereocenters. The number of aryl methyl sites for hydroxylation is 1. The highest BCUT2D eigenvalue weighted by Gasteiger charge is 2.06. The van der Waals surface area contributed by atoms with Gasteiger partial charge in [0.15, 0.2) is 5.82 Å². The standard InChI is InChI=1S/C12H12BrN3/c1-8-3-4-9(10(13)7-8)12-15-6-5-11(14-2)16-12/h3-7H,1-2H3,(H,14,15,16). The van der Waals surface area contributed by atoms with Crippen LogP contribution in [0.3, 0.4) is 0 Å². The summed E-state index contributed by atoms with van der Waals surface area (Å²) in [7, 11) is 1.84.